The molecule has 158 valence electrons. The van der Waals surface area contributed by atoms with Gasteiger partial charge in [0, 0.05) is 44.2 Å². The molecule has 1 aromatic carbocycles. The van der Waals surface area contributed by atoms with E-state index in [0.29, 0.717) is 18.0 Å². The van der Waals surface area contributed by atoms with Gasteiger partial charge in [0.2, 0.25) is 5.65 Å². The molecule has 1 aliphatic heterocycles. The molecule has 8 nitrogen and oxygen atoms in total. The smallest absolute Gasteiger partial charge is 0.294 e. The Morgan fingerprint density at radius 1 is 1.27 bits per heavy atom. The van der Waals surface area contributed by atoms with Crippen LogP contribution in [0.3, 0.4) is 0 Å². The number of halogens is 1. The molecule has 4 rings (SSSR count). The summed E-state index contributed by atoms with van der Waals surface area (Å²) in [5.74, 6) is -0.460. The fourth-order valence-electron chi connectivity index (χ4n) is 3.74. The minimum atomic E-state index is -0.510. The van der Waals surface area contributed by atoms with Crippen molar-refractivity contribution in [2.45, 2.75) is 12.8 Å². The Bertz CT molecular complexity index is 1150. The zero-order chi connectivity index (χ0) is 21.3. The fourth-order valence-corrected chi connectivity index (χ4v) is 3.74. The molecule has 30 heavy (non-hydrogen) atoms. The predicted molar refractivity (Wildman–Crippen MR) is 110 cm³/mol. The van der Waals surface area contributed by atoms with Crippen LogP contribution in [0.2, 0.25) is 0 Å². The van der Waals surface area contributed by atoms with Crippen LogP contribution in [0.5, 0.6) is 5.75 Å². The molecule has 0 spiro atoms. The van der Waals surface area contributed by atoms with Crippen molar-refractivity contribution >= 4 is 11.6 Å². The maximum absolute atomic E-state index is 14.5. The lowest BCUT2D eigenvalue weighted by Crippen LogP contribution is -2.33. The SMILES string of the molecule is COc1ccc(-c2cn3cc(C(=O)NCCN4CCCC4)nc3c(=O)n2C)c(F)c1. The summed E-state index contributed by atoms with van der Waals surface area (Å²) in [5, 5.41) is 2.85. The number of aromatic nitrogens is 3. The summed E-state index contributed by atoms with van der Waals surface area (Å²) < 4.78 is 22.4. The largest absolute Gasteiger partial charge is 0.497 e. The Hall–Kier alpha value is -3.20. The van der Waals surface area contributed by atoms with Gasteiger partial charge in [-0.3, -0.25) is 14.0 Å². The van der Waals surface area contributed by atoms with E-state index in [2.05, 4.69) is 15.2 Å². The van der Waals surface area contributed by atoms with Gasteiger partial charge in [-0.05, 0) is 38.1 Å². The van der Waals surface area contributed by atoms with Crippen molar-refractivity contribution in [1.29, 1.82) is 0 Å². The Labute approximate surface area is 172 Å². The van der Waals surface area contributed by atoms with Gasteiger partial charge in [-0.2, -0.15) is 0 Å². The number of methoxy groups -OCH3 is 1. The van der Waals surface area contributed by atoms with Crippen molar-refractivity contribution in [2.75, 3.05) is 33.3 Å². The molecule has 1 aliphatic rings. The Kier molecular flexibility index (Phi) is 5.54. The third-order valence-corrected chi connectivity index (χ3v) is 5.45. The van der Waals surface area contributed by atoms with Gasteiger partial charge < -0.3 is 19.5 Å². The second kappa shape index (κ2) is 8.27. The maximum atomic E-state index is 14.5. The fraction of sp³-hybridized carbons (Fsp3) is 0.381. The number of nitrogens with one attached hydrogen (secondary N) is 1. The monoisotopic (exact) mass is 413 g/mol. The van der Waals surface area contributed by atoms with Crippen molar-refractivity contribution in [3.05, 3.63) is 52.5 Å². The molecule has 9 heteroatoms. The first-order valence-corrected chi connectivity index (χ1v) is 9.91. The zero-order valence-electron chi connectivity index (χ0n) is 17.0. The summed E-state index contributed by atoms with van der Waals surface area (Å²) in [6.45, 7) is 3.44. The number of hydrogen-bond donors (Lipinski definition) is 1. The standard InChI is InChI=1S/C21H24FN5O3/c1-25-18(15-6-5-14(30-2)11-16(15)22)13-27-12-17(24-19(27)21(25)29)20(28)23-7-10-26-8-3-4-9-26/h5-6,11-13H,3-4,7-10H2,1-2H3,(H,23,28). The molecule has 1 fully saturated rings. The van der Waals surface area contributed by atoms with E-state index in [1.54, 1.807) is 25.4 Å². The van der Waals surface area contributed by atoms with Crippen molar-refractivity contribution in [1.82, 2.24) is 24.2 Å². The van der Waals surface area contributed by atoms with E-state index in [-0.39, 0.29) is 22.8 Å². The molecule has 3 heterocycles. The number of fused-ring (bicyclic) bond motifs is 1. The Balaban J connectivity index is 1.60. The van der Waals surface area contributed by atoms with Gasteiger partial charge in [0.25, 0.3) is 11.5 Å². The van der Waals surface area contributed by atoms with E-state index in [0.717, 1.165) is 19.6 Å². The van der Waals surface area contributed by atoms with Gasteiger partial charge in [0.05, 0.1) is 12.8 Å². The van der Waals surface area contributed by atoms with E-state index < -0.39 is 11.4 Å². The van der Waals surface area contributed by atoms with Crippen molar-refractivity contribution < 1.29 is 13.9 Å². The van der Waals surface area contributed by atoms with Gasteiger partial charge in [-0.1, -0.05) is 0 Å². The highest BCUT2D eigenvalue weighted by atomic mass is 19.1. The van der Waals surface area contributed by atoms with Gasteiger partial charge in [-0.25, -0.2) is 9.37 Å². The van der Waals surface area contributed by atoms with Crippen molar-refractivity contribution in [2.24, 2.45) is 7.05 Å². The average molecular weight is 413 g/mol. The molecular formula is C21H24FN5O3. The molecule has 0 radical (unpaired) electrons. The molecule has 0 unspecified atom stereocenters. The molecule has 2 aromatic heterocycles. The van der Waals surface area contributed by atoms with Crippen LogP contribution in [0, 0.1) is 5.82 Å². The molecule has 1 amide bonds. The van der Waals surface area contributed by atoms with E-state index in [9.17, 15) is 14.0 Å². The number of benzene rings is 1. The van der Waals surface area contributed by atoms with Gasteiger partial charge >= 0.3 is 0 Å². The molecule has 0 bridgehead atoms. The van der Waals surface area contributed by atoms with Crippen LogP contribution >= 0.6 is 0 Å². The predicted octanol–water partition coefficient (Wildman–Crippen LogP) is 1.67. The minimum absolute atomic E-state index is 0.111. The van der Waals surface area contributed by atoms with Crippen LogP contribution in [-0.4, -0.2) is 58.0 Å². The van der Waals surface area contributed by atoms with Crippen molar-refractivity contribution in [3.63, 3.8) is 0 Å². The summed E-state index contributed by atoms with van der Waals surface area (Å²) in [6, 6.07) is 4.44. The highest BCUT2D eigenvalue weighted by molar-refractivity contribution is 5.92. The summed E-state index contributed by atoms with van der Waals surface area (Å²) in [4.78, 5) is 31.7. The third-order valence-electron chi connectivity index (χ3n) is 5.45. The summed E-state index contributed by atoms with van der Waals surface area (Å²) in [6.07, 6.45) is 5.48. The lowest BCUT2D eigenvalue weighted by atomic mass is 10.1. The average Bonchev–Trinajstić information content (AvgIpc) is 3.40. The lowest BCUT2D eigenvalue weighted by molar-refractivity contribution is 0.0945. The number of imidazole rings is 1. The van der Waals surface area contributed by atoms with Crippen molar-refractivity contribution in [3.8, 4) is 17.0 Å². The molecule has 1 N–H and O–H groups in total. The summed E-state index contributed by atoms with van der Waals surface area (Å²) in [7, 11) is 3.01. The molecule has 0 saturated carbocycles. The molecule has 0 aliphatic carbocycles. The number of likely N-dealkylation sites (tertiary alicyclic amines) is 1. The number of hydrogen-bond acceptors (Lipinski definition) is 5. The van der Waals surface area contributed by atoms with E-state index in [1.165, 1.54) is 41.2 Å². The minimum Gasteiger partial charge on any atom is -0.497 e. The van der Waals surface area contributed by atoms with E-state index in [1.807, 2.05) is 0 Å². The van der Waals surface area contributed by atoms with Gasteiger partial charge in [0.1, 0.15) is 17.3 Å². The van der Waals surface area contributed by atoms with E-state index >= 15 is 0 Å². The van der Waals surface area contributed by atoms with Crippen LogP contribution in [-0.2, 0) is 7.05 Å². The number of amides is 1. The first-order valence-electron chi connectivity index (χ1n) is 9.91. The quantitative estimate of drug-likeness (QED) is 0.665. The third kappa shape index (κ3) is 3.80. The number of nitrogens with zero attached hydrogens (tertiary/aromatic N) is 4. The number of carbonyl (C=O) groups is 1. The van der Waals surface area contributed by atoms with Gasteiger partial charge in [0.15, 0.2) is 0 Å². The molecular weight excluding hydrogens is 389 g/mol. The maximum Gasteiger partial charge on any atom is 0.294 e. The summed E-state index contributed by atoms with van der Waals surface area (Å²) >= 11 is 0. The molecule has 3 aromatic rings. The second-order valence-corrected chi connectivity index (χ2v) is 7.39. The zero-order valence-corrected chi connectivity index (χ0v) is 17.0. The first kappa shape index (κ1) is 20.1. The van der Waals surface area contributed by atoms with Crippen LogP contribution < -0.4 is 15.6 Å². The molecule has 1 saturated heterocycles. The topological polar surface area (TPSA) is 80.9 Å². The number of carbonyl (C=O) groups excluding carboxylic acids is 1. The van der Waals surface area contributed by atoms with Gasteiger partial charge in [-0.15, -0.1) is 0 Å². The van der Waals surface area contributed by atoms with E-state index in [4.69, 9.17) is 4.74 Å². The van der Waals surface area contributed by atoms with Crippen LogP contribution in [0.4, 0.5) is 4.39 Å². The Morgan fingerprint density at radius 2 is 2.03 bits per heavy atom. The highest BCUT2D eigenvalue weighted by Crippen LogP contribution is 2.25. The summed E-state index contributed by atoms with van der Waals surface area (Å²) in [5.41, 5.74) is 0.466. The van der Waals surface area contributed by atoms with Crippen LogP contribution in [0.15, 0.2) is 35.4 Å². The Morgan fingerprint density at radius 3 is 2.73 bits per heavy atom. The number of ether oxygens (including phenoxy) is 1. The number of rotatable bonds is 6. The first-order chi connectivity index (χ1) is 14.5. The highest BCUT2D eigenvalue weighted by Gasteiger charge is 2.18. The second-order valence-electron chi connectivity index (χ2n) is 7.39. The normalized spacial score (nSPS) is 14.4. The van der Waals surface area contributed by atoms with Crippen LogP contribution in [0.1, 0.15) is 23.3 Å². The molecule has 0 atom stereocenters. The van der Waals surface area contributed by atoms with Crippen LogP contribution in [0.25, 0.3) is 16.9 Å². The lowest BCUT2D eigenvalue weighted by Gasteiger charge is -2.14.